The Balaban J connectivity index is 1.63. The first-order valence-corrected chi connectivity index (χ1v) is 14.7. The Kier molecular flexibility index (Phi) is 7.16. The average molecular weight is 568 g/mol. The number of hydrogen-bond acceptors (Lipinski definition) is 4. The van der Waals surface area contributed by atoms with E-state index >= 15 is 0 Å². The summed E-state index contributed by atoms with van der Waals surface area (Å²) >= 11 is 0. The summed E-state index contributed by atoms with van der Waals surface area (Å²) in [5.41, 5.74) is 0.868. The number of nitrogens with one attached hydrogen (secondary N) is 1. The van der Waals surface area contributed by atoms with Crippen molar-refractivity contribution in [2.75, 3.05) is 22.7 Å². The van der Waals surface area contributed by atoms with Gasteiger partial charge in [0.25, 0.3) is 15.9 Å². The van der Waals surface area contributed by atoms with Gasteiger partial charge in [0.1, 0.15) is 11.6 Å². The van der Waals surface area contributed by atoms with Crippen molar-refractivity contribution >= 4 is 33.2 Å². The summed E-state index contributed by atoms with van der Waals surface area (Å²) < 4.78 is 57.7. The van der Waals surface area contributed by atoms with Gasteiger partial charge in [-0.05, 0) is 78.9 Å². The molecule has 0 bridgehead atoms. The topological polar surface area (TPSA) is 86.8 Å². The van der Waals surface area contributed by atoms with E-state index in [1.165, 1.54) is 41.6 Å². The number of carbonyl (C=O) groups is 2. The maximum atomic E-state index is 14.3. The monoisotopic (exact) mass is 567 g/mol. The van der Waals surface area contributed by atoms with E-state index in [1.54, 1.807) is 29.2 Å². The van der Waals surface area contributed by atoms with Crippen LogP contribution in [0.5, 0.6) is 0 Å². The molecule has 3 aromatic rings. The maximum Gasteiger partial charge on any atom is 0.264 e. The van der Waals surface area contributed by atoms with E-state index in [1.807, 2.05) is 13.8 Å². The van der Waals surface area contributed by atoms with Gasteiger partial charge in [-0.1, -0.05) is 26.0 Å². The van der Waals surface area contributed by atoms with Crippen LogP contribution in [0.1, 0.15) is 49.5 Å². The predicted molar refractivity (Wildman–Crippen MR) is 149 cm³/mol. The first-order valence-electron chi connectivity index (χ1n) is 13.2. The Morgan fingerprint density at radius 3 is 2.23 bits per heavy atom. The molecule has 1 unspecified atom stereocenters. The highest BCUT2D eigenvalue weighted by atomic mass is 32.2. The van der Waals surface area contributed by atoms with E-state index in [-0.39, 0.29) is 22.3 Å². The zero-order valence-corrected chi connectivity index (χ0v) is 23.3. The fraction of sp³-hybridized carbons (Fsp3) is 0.333. The second-order valence-electron chi connectivity index (χ2n) is 10.8. The summed E-state index contributed by atoms with van der Waals surface area (Å²) in [7, 11) is -4.10. The number of likely N-dealkylation sites (tertiary alicyclic amines) is 1. The van der Waals surface area contributed by atoms with Gasteiger partial charge in [-0.25, -0.2) is 17.2 Å². The van der Waals surface area contributed by atoms with Gasteiger partial charge in [0.2, 0.25) is 5.91 Å². The van der Waals surface area contributed by atoms with E-state index in [0.29, 0.717) is 37.3 Å². The van der Waals surface area contributed by atoms with Crippen molar-refractivity contribution in [2.45, 2.75) is 50.0 Å². The van der Waals surface area contributed by atoms with Gasteiger partial charge in [-0.15, -0.1) is 0 Å². The first kappa shape index (κ1) is 27.8. The summed E-state index contributed by atoms with van der Waals surface area (Å²) in [4.78, 5) is 26.8. The van der Waals surface area contributed by atoms with Gasteiger partial charge in [0.05, 0.1) is 22.2 Å². The van der Waals surface area contributed by atoms with Crippen LogP contribution in [0.4, 0.5) is 20.2 Å². The Morgan fingerprint density at radius 1 is 0.975 bits per heavy atom. The molecule has 40 heavy (non-hydrogen) atoms. The number of halogens is 2. The van der Waals surface area contributed by atoms with E-state index in [4.69, 9.17) is 0 Å². The second-order valence-corrected chi connectivity index (χ2v) is 12.6. The summed E-state index contributed by atoms with van der Waals surface area (Å²) in [6, 6.07) is 15.0. The van der Waals surface area contributed by atoms with Crippen LogP contribution in [0.25, 0.3) is 0 Å². The zero-order chi connectivity index (χ0) is 28.8. The molecule has 1 N–H and O–H groups in total. The number of fused-ring (bicyclic) bond motifs is 2. The molecule has 3 aromatic carbocycles. The third-order valence-electron chi connectivity index (χ3n) is 8.07. The average Bonchev–Trinajstić information content (AvgIpc) is 3.19. The molecular weight excluding hydrogens is 536 g/mol. The van der Waals surface area contributed by atoms with Crippen molar-refractivity contribution in [2.24, 2.45) is 5.92 Å². The lowest BCUT2D eigenvalue weighted by Crippen LogP contribution is -2.55. The number of benzene rings is 3. The van der Waals surface area contributed by atoms with Crippen LogP contribution < -0.4 is 9.62 Å². The van der Waals surface area contributed by atoms with Crippen molar-refractivity contribution in [3.63, 3.8) is 0 Å². The molecule has 1 atom stereocenters. The van der Waals surface area contributed by atoms with Crippen LogP contribution >= 0.6 is 0 Å². The van der Waals surface area contributed by atoms with Gasteiger partial charge in [-0.3, -0.25) is 13.9 Å². The first-order chi connectivity index (χ1) is 19.0. The summed E-state index contributed by atoms with van der Waals surface area (Å²) in [6.07, 6.45) is 1.03. The van der Waals surface area contributed by atoms with Crippen LogP contribution in [-0.2, 0) is 20.2 Å². The highest BCUT2D eigenvalue weighted by Crippen LogP contribution is 2.55. The molecule has 2 aliphatic rings. The smallest absolute Gasteiger partial charge is 0.264 e. The van der Waals surface area contributed by atoms with E-state index in [0.717, 1.165) is 17.7 Å². The molecule has 1 spiro atoms. The molecule has 2 heterocycles. The lowest BCUT2D eigenvalue weighted by atomic mass is 9.66. The van der Waals surface area contributed by atoms with Gasteiger partial charge >= 0.3 is 0 Å². The largest absolute Gasteiger partial charge is 0.343 e. The minimum absolute atomic E-state index is 0.0272. The number of nitrogens with zero attached hydrogens (tertiary/aromatic N) is 2. The number of amides is 2. The molecule has 0 radical (unpaired) electrons. The Bertz CT molecular complexity index is 1570. The number of carbonyl (C=O) groups excluding carboxylic acids is 2. The lowest BCUT2D eigenvalue weighted by molar-refractivity contribution is -0.130. The molecule has 1 fully saturated rings. The highest BCUT2D eigenvalue weighted by Gasteiger charge is 2.56. The minimum Gasteiger partial charge on any atom is -0.343 e. The summed E-state index contributed by atoms with van der Waals surface area (Å²) in [5, 5.41) is 2.76. The Hall–Kier alpha value is -3.79. The molecule has 210 valence electrons. The van der Waals surface area contributed by atoms with Crippen LogP contribution in [0, 0.1) is 17.6 Å². The molecular formula is C30H31F2N3O4S. The number of sulfonamides is 1. The van der Waals surface area contributed by atoms with Crippen LogP contribution in [0.3, 0.4) is 0 Å². The van der Waals surface area contributed by atoms with Crippen molar-refractivity contribution in [3.8, 4) is 0 Å². The molecule has 1 saturated heterocycles. The van der Waals surface area contributed by atoms with Crippen molar-refractivity contribution in [1.29, 1.82) is 0 Å². The van der Waals surface area contributed by atoms with E-state index in [2.05, 4.69) is 5.32 Å². The molecule has 0 aromatic heterocycles. The standard InChI is InChI=1S/C30H31F2N3O4S/c1-19(2)28-30(14-16-34(17-15-30)20(3)36)25-18-22(33-29(37)24-6-4-5-7-26(24)32)10-13-27(25)35(28)40(38,39)23-11-8-21(31)9-12-23/h4-13,18-19,28H,14-17H2,1-3H3,(H,33,37). The van der Waals surface area contributed by atoms with Crippen LogP contribution in [-0.4, -0.2) is 44.3 Å². The second kappa shape index (κ2) is 10.3. The van der Waals surface area contributed by atoms with Gasteiger partial charge in [0.15, 0.2) is 0 Å². The fourth-order valence-corrected chi connectivity index (χ4v) is 8.15. The van der Waals surface area contributed by atoms with Crippen LogP contribution in [0.15, 0.2) is 71.6 Å². The summed E-state index contributed by atoms with van der Waals surface area (Å²) in [6.45, 7) is 6.35. The lowest BCUT2D eigenvalue weighted by Gasteiger charge is -2.46. The Morgan fingerprint density at radius 2 is 1.62 bits per heavy atom. The molecule has 2 amide bonds. The maximum absolute atomic E-state index is 14.3. The molecule has 7 nitrogen and oxygen atoms in total. The van der Waals surface area contributed by atoms with E-state index in [9.17, 15) is 26.8 Å². The molecule has 5 rings (SSSR count). The Labute approximate surface area is 232 Å². The molecule has 0 aliphatic carbocycles. The molecule has 0 saturated carbocycles. The van der Waals surface area contributed by atoms with Gasteiger partial charge in [0, 0.05) is 31.1 Å². The quantitative estimate of drug-likeness (QED) is 0.452. The van der Waals surface area contributed by atoms with Crippen molar-refractivity contribution in [1.82, 2.24) is 4.90 Å². The third-order valence-corrected chi connectivity index (χ3v) is 9.88. The van der Waals surface area contributed by atoms with Crippen LogP contribution in [0.2, 0.25) is 0 Å². The fourth-order valence-electron chi connectivity index (χ4n) is 6.28. The normalized spacial score (nSPS) is 18.2. The van der Waals surface area contributed by atoms with Gasteiger partial charge < -0.3 is 10.2 Å². The third kappa shape index (κ3) is 4.64. The number of piperidine rings is 1. The van der Waals surface area contributed by atoms with Gasteiger partial charge in [-0.2, -0.15) is 0 Å². The predicted octanol–water partition coefficient (Wildman–Crippen LogP) is 5.33. The number of anilines is 2. The van der Waals surface area contributed by atoms with E-state index < -0.39 is 39.0 Å². The number of hydrogen-bond donors (Lipinski definition) is 1. The number of rotatable bonds is 5. The molecule has 2 aliphatic heterocycles. The van der Waals surface area contributed by atoms with Crippen molar-refractivity contribution < 1.29 is 26.8 Å². The highest BCUT2D eigenvalue weighted by molar-refractivity contribution is 7.92. The zero-order valence-electron chi connectivity index (χ0n) is 22.5. The minimum atomic E-state index is -4.10. The molecule has 10 heteroatoms. The SMILES string of the molecule is CC(=O)N1CCC2(CC1)c1cc(NC(=O)c3ccccc3F)ccc1N(S(=O)(=O)c1ccc(F)cc1)C2C(C)C. The summed E-state index contributed by atoms with van der Waals surface area (Å²) in [5.74, 6) is -1.97. The van der Waals surface area contributed by atoms with Crippen molar-refractivity contribution in [3.05, 3.63) is 89.5 Å².